The number of unbranched alkanes of at least 4 members (excludes halogenated alkanes) is 3. The van der Waals surface area contributed by atoms with E-state index in [1.54, 1.807) is 0 Å². The van der Waals surface area contributed by atoms with E-state index in [2.05, 4.69) is 19.9 Å². The summed E-state index contributed by atoms with van der Waals surface area (Å²) in [6.07, 6.45) is 10.0. The van der Waals surface area contributed by atoms with Crippen molar-refractivity contribution in [2.75, 3.05) is 13.2 Å². The van der Waals surface area contributed by atoms with Crippen LogP contribution < -0.4 is 0 Å². The fraction of sp³-hybridized carbons (Fsp3) is 0.609. The van der Waals surface area contributed by atoms with Crippen LogP contribution in [0, 0.1) is 0 Å². The molecule has 0 heterocycles. The number of fused-ring (bicyclic) bond motifs is 2. The number of Topliss-reactive ketones (excluding diaryl/α,β-unsaturated/α-hetero) is 1. The zero-order valence-corrected chi connectivity index (χ0v) is 16.7. The number of carbonyl (C=O) groups is 1. The van der Waals surface area contributed by atoms with Gasteiger partial charge in [0.2, 0.25) is 0 Å². The molecule has 140 valence electrons. The van der Waals surface area contributed by atoms with Gasteiger partial charge in [0.1, 0.15) is 0 Å². The molecule has 3 rings (SSSR count). The summed E-state index contributed by atoms with van der Waals surface area (Å²) in [5.41, 5.74) is 4.56. The highest BCUT2D eigenvalue weighted by molar-refractivity contribution is 6.20. The van der Waals surface area contributed by atoms with E-state index in [0.29, 0.717) is 0 Å². The quantitative estimate of drug-likeness (QED) is 0.547. The van der Waals surface area contributed by atoms with Crippen molar-refractivity contribution in [3.8, 4) is 0 Å². The van der Waals surface area contributed by atoms with Crippen LogP contribution >= 0.6 is 0 Å². The Kier molecular flexibility index (Phi) is 11.1. The van der Waals surface area contributed by atoms with E-state index in [1.165, 1.54) is 49.7 Å². The summed E-state index contributed by atoms with van der Waals surface area (Å²) < 4.78 is 4.83. The molecule has 0 saturated carbocycles. The van der Waals surface area contributed by atoms with Gasteiger partial charge in [-0.15, -0.1) is 0 Å². The molecule has 0 radical (unpaired) electrons. The maximum absolute atomic E-state index is 12.0. The lowest BCUT2D eigenvalue weighted by molar-refractivity contribution is 0.103. The lowest BCUT2D eigenvalue weighted by Gasteiger charge is -2.12. The van der Waals surface area contributed by atoms with Crippen molar-refractivity contribution < 1.29 is 9.53 Å². The molecule has 0 aromatic heterocycles. The van der Waals surface area contributed by atoms with Gasteiger partial charge in [-0.05, 0) is 50.7 Å². The number of benzene rings is 1. The van der Waals surface area contributed by atoms with Gasteiger partial charge in [0.15, 0.2) is 5.78 Å². The van der Waals surface area contributed by atoms with E-state index < -0.39 is 0 Å². The Labute approximate surface area is 154 Å². The second-order valence-electron chi connectivity index (χ2n) is 6.53. The van der Waals surface area contributed by atoms with Gasteiger partial charge >= 0.3 is 0 Å². The summed E-state index contributed by atoms with van der Waals surface area (Å²) >= 11 is 0. The van der Waals surface area contributed by atoms with Crippen LogP contribution in [0.5, 0.6) is 0 Å². The van der Waals surface area contributed by atoms with Crippen LogP contribution in [0.3, 0.4) is 0 Å². The third kappa shape index (κ3) is 6.78. The SMILES string of the molecule is CCCCCC.CCOCC.O=C1C2=C(CCCC2)c2ccccc21. The highest BCUT2D eigenvalue weighted by atomic mass is 16.5. The van der Waals surface area contributed by atoms with Crippen LogP contribution in [0.4, 0.5) is 0 Å². The molecular weight excluding hydrogens is 308 g/mol. The number of rotatable bonds is 5. The smallest absolute Gasteiger partial charge is 0.189 e. The molecule has 0 amide bonds. The minimum absolute atomic E-state index is 0.287. The van der Waals surface area contributed by atoms with Crippen LogP contribution in [0.2, 0.25) is 0 Å². The normalized spacial score (nSPS) is 14.8. The fourth-order valence-corrected chi connectivity index (χ4v) is 3.26. The lowest BCUT2D eigenvalue weighted by atomic mass is 9.92. The Hall–Kier alpha value is -1.41. The topological polar surface area (TPSA) is 26.3 Å². The molecule has 0 unspecified atom stereocenters. The third-order valence-electron chi connectivity index (χ3n) is 4.60. The van der Waals surface area contributed by atoms with Crippen LogP contribution in [-0.4, -0.2) is 19.0 Å². The van der Waals surface area contributed by atoms with Crippen LogP contribution in [-0.2, 0) is 4.74 Å². The summed E-state index contributed by atoms with van der Waals surface area (Å²) in [4.78, 5) is 12.0. The monoisotopic (exact) mass is 344 g/mol. The molecule has 0 spiro atoms. The Balaban J connectivity index is 0.000000240. The number of carbonyl (C=O) groups excluding carboxylic acids is 1. The average molecular weight is 345 g/mol. The van der Waals surface area contributed by atoms with Crippen molar-refractivity contribution in [1.82, 2.24) is 0 Å². The Morgan fingerprint density at radius 1 is 0.800 bits per heavy atom. The summed E-state index contributed by atoms with van der Waals surface area (Å²) in [5, 5.41) is 0. The maximum Gasteiger partial charge on any atom is 0.189 e. The third-order valence-corrected chi connectivity index (χ3v) is 4.60. The van der Waals surface area contributed by atoms with Gasteiger partial charge in [0, 0.05) is 24.4 Å². The molecule has 1 aromatic carbocycles. The summed E-state index contributed by atoms with van der Waals surface area (Å²) in [7, 11) is 0. The molecule has 0 atom stereocenters. The molecule has 0 aliphatic heterocycles. The van der Waals surface area contributed by atoms with E-state index in [-0.39, 0.29) is 5.78 Å². The summed E-state index contributed by atoms with van der Waals surface area (Å²) in [5.74, 6) is 0.287. The molecule has 0 bridgehead atoms. The number of ketones is 1. The fourth-order valence-electron chi connectivity index (χ4n) is 3.26. The molecule has 25 heavy (non-hydrogen) atoms. The first-order valence-corrected chi connectivity index (χ1v) is 10.1. The number of hydrogen-bond acceptors (Lipinski definition) is 2. The van der Waals surface area contributed by atoms with Crippen molar-refractivity contribution in [2.45, 2.75) is 79.1 Å². The van der Waals surface area contributed by atoms with Crippen molar-refractivity contribution in [1.29, 1.82) is 0 Å². The van der Waals surface area contributed by atoms with Crippen LogP contribution in [0.25, 0.3) is 5.57 Å². The second-order valence-corrected chi connectivity index (χ2v) is 6.53. The lowest BCUT2D eigenvalue weighted by Crippen LogP contribution is -2.01. The van der Waals surface area contributed by atoms with Gasteiger partial charge < -0.3 is 4.74 Å². The highest BCUT2D eigenvalue weighted by Crippen LogP contribution is 2.40. The zero-order chi connectivity index (χ0) is 18.5. The van der Waals surface area contributed by atoms with Gasteiger partial charge in [-0.1, -0.05) is 63.8 Å². The van der Waals surface area contributed by atoms with Gasteiger partial charge in [-0.2, -0.15) is 0 Å². The standard InChI is InChI=1S/C13H12O.C6H14.C4H10O/c14-13-11-7-3-1-5-9(11)10-6-2-4-8-12(10)13;1-3-5-6-4-2;1-3-5-4-2/h1,3,5,7H,2,4,6,8H2;3-6H2,1-2H3;3-4H2,1-2H3. The molecule has 2 aliphatic rings. The molecular formula is C23H36O2. The first-order chi connectivity index (χ1) is 12.2. The number of ether oxygens (including phenoxy) is 1. The number of allylic oxidation sites excluding steroid dienone is 2. The molecule has 2 heteroatoms. The minimum atomic E-state index is 0.287. The number of hydrogen-bond donors (Lipinski definition) is 0. The van der Waals surface area contributed by atoms with Gasteiger partial charge in [-0.3, -0.25) is 4.79 Å². The van der Waals surface area contributed by atoms with E-state index >= 15 is 0 Å². The first-order valence-electron chi connectivity index (χ1n) is 10.1. The second kappa shape index (κ2) is 12.9. The van der Waals surface area contributed by atoms with E-state index in [4.69, 9.17) is 4.74 Å². The van der Waals surface area contributed by atoms with E-state index in [1.807, 2.05) is 32.0 Å². The van der Waals surface area contributed by atoms with Gasteiger partial charge in [0.25, 0.3) is 0 Å². The summed E-state index contributed by atoms with van der Waals surface area (Å²) in [6, 6.07) is 8.02. The van der Waals surface area contributed by atoms with Crippen molar-refractivity contribution in [3.63, 3.8) is 0 Å². The van der Waals surface area contributed by atoms with Crippen LogP contribution in [0.15, 0.2) is 29.8 Å². The molecule has 2 nitrogen and oxygen atoms in total. The van der Waals surface area contributed by atoms with Crippen molar-refractivity contribution in [3.05, 3.63) is 41.0 Å². The van der Waals surface area contributed by atoms with E-state index in [9.17, 15) is 4.79 Å². The predicted octanol–water partition coefficient (Wildman–Crippen LogP) is 6.84. The zero-order valence-electron chi connectivity index (χ0n) is 16.7. The Morgan fingerprint density at radius 2 is 1.32 bits per heavy atom. The van der Waals surface area contributed by atoms with Gasteiger partial charge in [0.05, 0.1) is 0 Å². The maximum atomic E-state index is 12.0. The minimum Gasteiger partial charge on any atom is -0.382 e. The Morgan fingerprint density at radius 3 is 1.80 bits per heavy atom. The van der Waals surface area contributed by atoms with Crippen molar-refractivity contribution >= 4 is 11.4 Å². The largest absolute Gasteiger partial charge is 0.382 e. The first kappa shape index (κ1) is 21.6. The predicted molar refractivity (Wildman–Crippen MR) is 108 cm³/mol. The molecule has 2 aliphatic carbocycles. The van der Waals surface area contributed by atoms with Crippen molar-refractivity contribution in [2.24, 2.45) is 0 Å². The highest BCUT2D eigenvalue weighted by Gasteiger charge is 2.29. The van der Waals surface area contributed by atoms with E-state index in [0.717, 1.165) is 37.2 Å². The molecule has 0 saturated heterocycles. The molecule has 1 aromatic rings. The summed E-state index contributed by atoms with van der Waals surface area (Å²) in [6.45, 7) is 10.1. The molecule has 0 N–H and O–H groups in total. The van der Waals surface area contributed by atoms with Crippen LogP contribution in [0.1, 0.15) is 95.0 Å². The van der Waals surface area contributed by atoms with Gasteiger partial charge in [-0.25, -0.2) is 0 Å². The molecule has 0 fully saturated rings. The Bertz CT molecular complexity index is 537. The average Bonchev–Trinajstić information content (AvgIpc) is 2.95.